The second-order valence-corrected chi connectivity index (χ2v) is 4.77. The molecule has 0 bridgehead atoms. The van der Waals surface area contributed by atoms with Crippen molar-refractivity contribution in [3.63, 3.8) is 0 Å². The fourth-order valence-electron chi connectivity index (χ4n) is 2.32. The number of nitrogens with zero attached hydrogens (tertiary/aromatic N) is 1. The molecular formula is C16H18N2O2. The van der Waals surface area contributed by atoms with Crippen LogP contribution in [0, 0.1) is 0 Å². The minimum absolute atomic E-state index is 0.571. The summed E-state index contributed by atoms with van der Waals surface area (Å²) in [5, 5.41) is 3.27. The Morgan fingerprint density at radius 1 is 1.15 bits per heavy atom. The smallest absolute Gasteiger partial charge is 0.129 e. The zero-order valence-electron chi connectivity index (χ0n) is 11.6. The van der Waals surface area contributed by atoms with E-state index >= 15 is 0 Å². The molecule has 0 spiro atoms. The van der Waals surface area contributed by atoms with E-state index in [0.29, 0.717) is 13.2 Å². The van der Waals surface area contributed by atoms with Gasteiger partial charge in [0.25, 0.3) is 0 Å². The molecule has 1 N–H and O–H groups in total. The third-order valence-corrected chi connectivity index (χ3v) is 3.40. The van der Waals surface area contributed by atoms with E-state index < -0.39 is 0 Å². The van der Waals surface area contributed by atoms with E-state index in [1.165, 1.54) is 5.56 Å². The number of ether oxygens (including phenoxy) is 2. The molecule has 0 amide bonds. The molecule has 0 unspecified atom stereocenters. The van der Waals surface area contributed by atoms with Gasteiger partial charge in [0.1, 0.15) is 18.2 Å². The predicted molar refractivity (Wildman–Crippen MR) is 79.2 cm³/mol. The first-order valence-electron chi connectivity index (χ1n) is 6.82. The highest BCUT2D eigenvalue weighted by atomic mass is 16.5. The molecule has 0 aliphatic carbocycles. The van der Waals surface area contributed by atoms with Gasteiger partial charge >= 0.3 is 0 Å². The van der Waals surface area contributed by atoms with Crippen LogP contribution in [0.4, 0.5) is 5.82 Å². The van der Waals surface area contributed by atoms with Gasteiger partial charge in [-0.15, -0.1) is 0 Å². The zero-order chi connectivity index (χ0) is 13.8. The zero-order valence-corrected chi connectivity index (χ0v) is 11.6. The second-order valence-electron chi connectivity index (χ2n) is 4.77. The number of nitrogens with one attached hydrogen (secondary N) is 1. The Balaban J connectivity index is 1.74. The van der Waals surface area contributed by atoms with Crippen LogP contribution in [0.2, 0.25) is 0 Å². The molecule has 4 nitrogen and oxygen atoms in total. The maximum atomic E-state index is 5.56. The first-order chi connectivity index (χ1) is 9.86. The van der Waals surface area contributed by atoms with Crippen LogP contribution < -0.4 is 10.1 Å². The van der Waals surface area contributed by atoms with Gasteiger partial charge in [-0.3, -0.25) is 0 Å². The molecule has 0 fully saturated rings. The van der Waals surface area contributed by atoms with Crippen molar-refractivity contribution < 1.29 is 9.47 Å². The largest absolute Gasteiger partial charge is 0.491 e. The predicted octanol–water partition coefficient (Wildman–Crippen LogP) is 2.74. The van der Waals surface area contributed by atoms with Crippen molar-refractivity contribution in [3.8, 4) is 16.9 Å². The number of aromatic nitrogens is 1. The first-order valence-corrected chi connectivity index (χ1v) is 6.82. The summed E-state index contributed by atoms with van der Waals surface area (Å²) in [6.07, 6.45) is 2.96. The van der Waals surface area contributed by atoms with E-state index in [1.54, 1.807) is 7.11 Å². The van der Waals surface area contributed by atoms with Crippen molar-refractivity contribution in [1.82, 2.24) is 4.98 Å². The molecule has 3 rings (SSSR count). The van der Waals surface area contributed by atoms with Gasteiger partial charge in [-0.05, 0) is 35.7 Å². The van der Waals surface area contributed by atoms with Crippen molar-refractivity contribution in [2.75, 3.05) is 32.2 Å². The molecule has 0 saturated heterocycles. The lowest BCUT2D eigenvalue weighted by molar-refractivity contribution is 0.146. The lowest BCUT2D eigenvalue weighted by Gasteiger charge is -2.07. The highest BCUT2D eigenvalue weighted by Crippen LogP contribution is 2.27. The molecule has 2 aromatic rings. The van der Waals surface area contributed by atoms with Crippen LogP contribution in [0.5, 0.6) is 5.75 Å². The van der Waals surface area contributed by atoms with Crippen LogP contribution in [0.15, 0.2) is 36.5 Å². The molecule has 2 heterocycles. The Morgan fingerprint density at radius 2 is 2.00 bits per heavy atom. The molecule has 0 atom stereocenters. The number of hydrogen-bond acceptors (Lipinski definition) is 4. The Hall–Kier alpha value is -2.07. The number of pyridine rings is 1. The average Bonchev–Trinajstić information content (AvgIpc) is 2.96. The number of benzene rings is 1. The van der Waals surface area contributed by atoms with Crippen molar-refractivity contribution >= 4 is 5.82 Å². The van der Waals surface area contributed by atoms with Crippen molar-refractivity contribution in [1.29, 1.82) is 0 Å². The van der Waals surface area contributed by atoms with Crippen LogP contribution in [-0.4, -0.2) is 31.9 Å². The van der Waals surface area contributed by atoms with Crippen LogP contribution in [0.25, 0.3) is 11.1 Å². The van der Waals surface area contributed by atoms with Gasteiger partial charge in [-0.25, -0.2) is 4.98 Å². The lowest BCUT2D eigenvalue weighted by atomic mass is 10.1. The minimum Gasteiger partial charge on any atom is -0.491 e. The van der Waals surface area contributed by atoms with E-state index in [0.717, 1.165) is 35.7 Å². The maximum absolute atomic E-state index is 5.56. The summed E-state index contributed by atoms with van der Waals surface area (Å²) >= 11 is 0. The van der Waals surface area contributed by atoms with E-state index in [4.69, 9.17) is 9.47 Å². The van der Waals surface area contributed by atoms with Gasteiger partial charge in [0, 0.05) is 25.4 Å². The number of hydrogen-bond donors (Lipinski definition) is 1. The van der Waals surface area contributed by atoms with Gasteiger partial charge in [0.05, 0.1) is 6.61 Å². The Morgan fingerprint density at radius 3 is 2.80 bits per heavy atom. The summed E-state index contributed by atoms with van der Waals surface area (Å²) in [5.74, 6) is 1.88. The van der Waals surface area contributed by atoms with Gasteiger partial charge < -0.3 is 14.8 Å². The highest BCUT2D eigenvalue weighted by Gasteiger charge is 2.12. The minimum atomic E-state index is 0.571. The topological polar surface area (TPSA) is 43.4 Å². The molecule has 1 aromatic carbocycles. The SMILES string of the molecule is COCCOc1ccc(-c2cnc3c(c2)CCN3)cc1. The fraction of sp³-hybridized carbons (Fsp3) is 0.312. The summed E-state index contributed by atoms with van der Waals surface area (Å²) in [5.41, 5.74) is 3.60. The van der Waals surface area contributed by atoms with Gasteiger partial charge in [-0.2, -0.15) is 0 Å². The standard InChI is InChI=1S/C16H18N2O2/c1-19-8-9-20-15-4-2-12(3-5-15)14-10-13-6-7-17-16(13)18-11-14/h2-5,10-11H,6-9H2,1H3,(H,17,18). The molecule has 1 aliphatic rings. The lowest BCUT2D eigenvalue weighted by Crippen LogP contribution is -2.03. The summed E-state index contributed by atoms with van der Waals surface area (Å²) in [6, 6.07) is 10.3. The van der Waals surface area contributed by atoms with Gasteiger partial charge in [0.2, 0.25) is 0 Å². The third kappa shape index (κ3) is 2.75. The Labute approximate surface area is 118 Å². The second kappa shape index (κ2) is 5.92. The molecule has 1 aliphatic heterocycles. The highest BCUT2D eigenvalue weighted by molar-refractivity contribution is 5.67. The normalized spacial score (nSPS) is 12.8. The Bertz CT molecular complexity index is 582. The molecule has 4 heteroatoms. The summed E-state index contributed by atoms with van der Waals surface area (Å²) in [6.45, 7) is 2.16. The quantitative estimate of drug-likeness (QED) is 0.848. The molecule has 0 saturated carbocycles. The van der Waals surface area contributed by atoms with Crippen LogP contribution in [-0.2, 0) is 11.2 Å². The average molecular weight is 270 g/mol. The summed E-state index contributed by atoms with van der Waals surface area (Å²) in [4.78, 5) is 4.46. The fourth-order valence-corrected chi connectivity index (χ4v) is 2.32. The number of methoxy groups -OCH3 is 1. The molecule has 20 heavy (non-hydrogen) atoms. The van der Waals surface area contributed by atoms with Crippen LogP contribution in [0.1, 0.15) is 5.56 Å². The summed E-state index contributed by atoms with van der Waals surface area (Å²) in [7, 11) is 1.67. The van der Waals surface area contributed by atoms with E-state index in [9.17, 15) is 0 Å². The number of fused-ring (bicyclic) bond motifs is 1. The molecular weight excluding hydrogens is 252 g/mol. The van der Waals surface area contributed by atoms with E-state index in [1.807, 2.05) is 18.3 Å². The summed E-state index contributed by atoms with van der Waals surface area (Å²) < 4.78 is 10.5. The van der Waals surface area contributed by atoms with Gasteiger partial charge in [0.15, 0.2) is 0 Å². The van der Waals surface area contributed by atoms with E-state index in [-0.39, 0.29) is 0 Å². The molecule has 104 valence electrons. The van der Waals surface area contributed by atoms with Gasteiger partial charge in [-0.1, -0.05) is 12.1 Å². The number of rotatable bonds is 5. The van der Waals surface area contributed by atoms with Crippen LogP contribution >= 0.6 is 0 Å². The van der Waals surface area contributed by atoms with E-state index in [2.05, 4.69) is 28.5 Å². The van der Waals surface area contributed by atoms with Crippen LogP contribution in [0.3, 0.4) is 0 Å². The van der Waals surface area contributed by atoms with Crippen molar-refractivity contribution in [2.45, 2.75) is 6.42 Å². The van der Waals surface area contributed by atoms with Crippen molar-refractivity contribution in [3.05, 3.63) is 42.1 Å². The maximum Gasteiger partial charge on any atom is 0.129 e. The first kappa shape index (κ1) is 12.9. The third-order valence-electron chi connectivity index (χ3n) is 3.40. The van der Waals surface area contributed by atoms with Crippen molar-refractivity contribution in [2.24, 2.45) is 0 Å². The monoisotopic (exact) mass is 270 g/mol. The number of anilines is 1. The molecule has 0 radical (unpaired) electrons. The Kier molecular flexibility index (Phi) is 3.83. The molecule has 1 aromatic heterocycles.